The van der Waals surface area contributed by atoms with Crippen LogP contribution in [0.25, 0.3) is 11.0 Å². The molecule has 0 aliphatic heterocycles. The second-order valence-corrected chi connectivity index (χ2v) is 6.15. The van der Waals surface area contributed by atoms with Gasteiger partial charge in [-0.05, 0) is 114 Å². The molecule has 1 aromatic heterocycles. The Kier molecular flexibility index (Phi) is 17.1. The van der Waals surface area contributed by atoms with Crippen molar-refractivity contribution in [3.05, 3.63) is 24.5 Å². The van der Waals surface area contributed by atoms with Gasteiger partial charge in [0.05, 0.1) is 17.4 Å². The molecule has 0 bridgehead atoms. The lowest BCUT2D eigenvalue weighted by Gasteiger charge is -2.07. The third-order valence-corrected chi connectivity index (χ3v) is 3.32. The minimum atomic E-state index is -4.66. The zero-order chi connectivity index (χ0) is 31.3. The van der Waals surface area contributed by atoms with Crippen LogP contribution in [0.1, 0.15) is 6.92 Å². The molecule has 0 aliphatic rings. The number of H-pyrrole nitrogens is 1. The summed E-state index contributed by atoms with van der Waals surface area (Å²) < 4.78 is 39.2. The lowest BCUT2D eigenvalue weighted by Crippen LogP contribution is -2.16. The van der Waals surface area contributed by atoms with Gasteiger partial charge in [0.15, 0.2) is 0 Å². The van der Waals surface area contributed by atoms with E-state index < -0.39 is 6.36 Å². The summed E-state index contributed by atoms with van der Waals surface area (Å²) in [5.74, 6) is 66.6. The second-order valence-electron chi connectivity index (χ2n) is 6.15. The highest BCUT2D eigenvalue weighted by Crippen LogP contribution is 2.24. The molecule has 0 saturated carbocycles. The number of alkyl halides is 3. The standard InChI is InChI=1S/C29H4.C8H5F3N2O/c1-3-5-7-9-11-13-15-17-19-21-23-25-27-29-28-26-24-22-20-18-16-14-12-10-8-6-4-2;9-8(10,11)14-5-1-2-6-7(3-5)13-4-12-6/h1H,2H3;1-4H,(H,12,13). The highest BCUT2D eigenvalue weighted by molar-refractivity contribution is 5.76. The van der Waals surface area contributed by atoms with Gasteiger partial charge >= 0.3 is 6.36 Å². The average molecular weight is 554 g/mol. The Hall–Kier alpha value is -7.88. The first-order chi connectivity index (χ1) is 21.0. The summed E-state index contributed by atoms with van der Waals surface area (Å²) in [5, 5.41) is 0. The summed E-state index contributed by atoms with van der Waals surface area (Å²) in [5.41, 5.74) is 1.10. The Morgan fingerprint density at radius 3 is 1.33 bits per heavy atom. The summed E-state index contributed by atoms with van der Waals surface area (Å²) in [6, 6.07) is 3.92. The molecule has 1 N–H and O–H groups in total. The summed E-state index contributed by atoms with van der Waals surface area (Å²) >= 11 is 0. The number of imidazole rings is 1. The highest BCUT2D eigenvalue weighted by Gasteiger charge is 2.31. The maximum Gasteiger partial charge on any atom is 0.573 e. The van der Waals surface area contributed by atoms with Crippen LogP contribution in [0.5, 0.6) is 5.75 Å². The maximum absolute atomic E-state index is 11.8. The number of hydrogen-bond donors (Lipinski definition) is 1. The molecule has 2 rings (SSSR count). The Morgan fingerprint density at radius 2 is 0.977 bits per heavy atom. The van der Waals surface area contributed by atoms with E-state index in [4.69, 9.17) is 6.42 Å². The SMILES string of the molecule is C#CC#CC#CC#CC#CC#CC#CC#CC#CC#CC#CC#CC#CC#CC.FC(F)(F)Oc1ccc2nc[nH]c2c1. The first-order valence-corrected chi connectivity index (χ1v) is 11.0. The van der Waals surface area contributed by atoms with Crippen molar-refractivity contribution in [2.45, 2.75) is 13.3 Å². The fraction of sp³-hybridized carbons (Fsp3) is 0.0541. The molecule has 6 heteroatoms. The molecule has 0 spiro atoms. The number of aromatic nitrogens is 2. The molecule has 0 unspecified atom stereocenters. The topological polar surface area (TPSA) is 37.9 Å². The third-order valence-electron chi connectivity index (χ3n) is 3.32. The number of halogens is 3. The molecule has 43 heavy (non-hydrogen) atoms. The Bertz CT molecular complexity index is 2250. The number of ether oxygens (including phenoxy) is 1. The van der Waals surface area contributed by atoms with Crippen LogP contribution in [-0.4, -0.2) is 16.3 Å². The third kappa shape index (κ3) is 19.8. The number of nitrogens with one attached hydrogen (secondary N) is 1. The Balaban J connectivity index is 0.000000541. The first kappa shape index (κ1) is 33.1. The molecule has 1 aromatic carbocycles. The fourth-order valence-corrected chi connectivity index (χ4v) is 1.93. The first-order valence-electron chi connectivity index (χ1n) is 11.0. The molecular weight excluding hydrogens is 545 g/mol. The minimum absolute atomic E-state index is 0.255. The van der Waals surface area contributed by atoms with Crippen LogP contribution in [0.15, 0.2) is 24.5 Å². The van der Waals surface area contributed by atoms with E-state index in [0.717, 1.165) is 0 Å². The second kappa shape index (κ2) is 22.1. The van der Waals surface area contributed by atoms with Gasteiger partial charge < -0.3 is 9.72 Å². The van der Waals surface area contributed by atoms with E-state index in [0.29, 0.717) is 11.0 Å². The monoisotopic (exact) mass is 554 g/mol. The van der Waals surface area contributed by atoms with E-state index >= 15 is 0 Å². The van der Waals surface area contributed by atoms with Crippen molar-refractivity contribution in [1.29, 1.82) is 0 Å². The Labute approximate surface area is 248 Å². The molecule has 2 aromatic rings. The van der Waals surface area contributed by atoms with Crippen LogP contribution >= 0.6 is 0 Å². The molecular formula is C37H9F3N2O. The number of nitrogens with zero attached hydrogens (tertiary/aromatic N) is 1. The Morgan fingerprint density at radius 1 is 0.605 bits per heavy atom. The van der Waals surface area contributed by atoms with Gasteiger partial charge in [0.2, 0.25) is 0 Å². The predicted molar refractivity (Wildman–Crippen MR) is 158 cm³/mol. The number of terminal acetylenes is 1. The van der Waals surface area contributed by atoms with Gasteiger partial charge in [0.25, 0.3) is 0 Å². The zero-order valence-electron chi connectivity index (χ0n) is 21.9. The smallest absolute Gasteiger partial charge is 0.406 e. The van der Waals surface area contributed by atoms with Gasteiger partial charge in [-0.25, -0.2) is 4.98 Å². The lowest BCUT2D eigenvalue weighted by molar-refractivity contribution is -0.274. The van der Waals surface area contributed by atoms with E-state index in [2.05, 4.69) is 175 Å². The fourth-order valence-electron chi connectivity index (χ4n) is 1.93. The van der Waals surface area contributed by atoms with E-state index in [1.807, 2.05) is 0 Å². The van der Waals surface area contributed by atoms with Gasteiger partial charge in [-0.15, -0.1) is 19.6 Å². The van der Waals surface area contributed by atoms with Crippen molar-refractivity contribution < 1.29 is 17.9 Å². The van der Waals surface area contributed by atoms with Crippen molar-refractivity contribution in [2.75, 3.05) is 0 Å². The van der Waals surface area contributed by atoms with Crippen LogP contribution in [0, 0.1) is 166 Å². The highest BCUT2D eigenvalue weighted by atomic mass is 19.4. The molecule has 194 valence electrons. The van der Waals surface area contributed by atoms with E-state index in [9.17, 15) is 13.2 Å². The quantitative estimate of drug-likeness (QED) is 0.551. The van der Waals surface area contributed by atoms with Gasteiger partial charge in [0, 0.05) is 65.3 Å². The van der Waals surface area contributed by atoms with Crippen LogP contribution in [-0.2, 0) is 0 Å². The van der Waals surface area contributed by atoms with Gasteiger partial charge in [-0.1, -0.05) is 5.92 Å². The number of aromatic amines is 1. The summed E-state index contributed by atoms with van der Waals surface area (Å²) in [4.78, 5) is 6.55. The molecule has 3 nitrogen and oxygen atoms in total. The minimum Gasteiger partial charge on any atom is -0.406 e. The molecule has 0 atom stereocenters. The van der Waals surface area contributed by atoms with Crippen molar-refractivity contribution >= 4 is 11.0 Å². The van der Waals surface area contributed by atoms with Crippen LogP contribution in [0.4, 0.5) is 13.2 Å². The van der Waals surface area contributed by atoms with Crippen LogP contribution < -0.4 is 4.74 Å². The number of fused-ring (bicyclic) bond motifs is 1. The van der Waals surface area contributed by atoms with Crippen molar-refractivity contribution in [3.8, 4) is 172 Å². The number of rotatable bonds is 1. The normalized spacial score (nSPS) is 6.49. The maximum atomic E-state index is 11.8. The molecule has 0 amide bonds. The molecule has 0 fully saturated rings. The summed E-state index contributed by atoms with van der Waals surface area (Å²) in [7, 11) is 0. The summed E-state index contributed by atoms with van der Waals surface area (Å²) in [6.45, 7) is 1.69. The lowest BCUT2D eigenvalue weighted by atomic mass is 10.3. The van der Waals surface area contributed by atoms with E-state index in [1.54, 1.807) is 6.92 Å². The number of hydrogen-bond acceptors (Lipinski definition) is 2. The molecule has 0 radical (unpaired) electrons. The molecule has 1 heterocycles. The van der Waals surface area contributed by atoms with Gasteiger partial charge in [-0.2, -0.15) is 0 Å². The van der Waals surface area contributed by atoms with Crippen molar-refractivity contribution in [3.63, 3.8) is 0 Å². The molecule has 0 aliphatic carbocycles. The largest absolute Gasteiger partial charge is 0.573 e. The van der Waals surface area contributed by atoms with E-state index in [-0.39, 0.29) is 5.75 Å². The summed E-state index contributed by atoms with van der Waals surface area (Å²) in [6.07, 6.45) is 1.66. The predicted octanol–water partition coefficient (Wildman–Crippen LogP) is 3.15. The zero-order valence-corrected chi connectivity index (χ0v) is 21.9. The van der Waals surface area contributed by atoms with E-state index in [1.165, 1.54) is 24.5 Å². The van der Waals surface area contributed by atoms with Gasteiger partial charge in [0.1, 0.15) is 5.75 Å². The average Bonchev–Trinajstić information content (AvgIpc) is 3.45. The number of benzene rings is 1. The molecule has 0 saturated heterocycles. The van der Waals surface area contributed by atoms with Crippen LogP contribution in [0.3, 0.4) is 0 Å². The van der Waals surface area contributed by atoms with Crippen molar-refractivity contribution in [2.24, 2.45) is 0 Å². The van der Waals surface area contributed by atoms with Crippen LogP contribution in [0.2, 0.25) is 0 Å². The van der Waals surface area contributed by atoms with Crippen molar-refractivity contribution in [1.82, 2.24) is 9.97 Å². The van der Waals surface area contributed by atoms with Gasteiger partial charge in [-0.3, -0.25) is 0 Å².